The van der Waals surface area contributed by atoms with E-state index < -0.39 is 0 Å². The van der Waals surface area contributed by atoms with Gasteiger partial charge in [-0.15, -0.1) is 0 Å². The van der Waals surface area contributed by atoms with Gasteiger partial charge in [0.25, 0.3) is 0 Å². The minimum Gasteiger partial charge on any atom is -0.494 e. The fraction of sp³-hybridized carbons (Fsp3) is 0.412. The standard InChI is InChI=1S/C17H20N2O2/c1-2-21-16-9-7-13(8-10-16)17-14(12-20)11-19(18-17)15-5-3-4-6-15/h7-12,15H,2-6H2,1H3. The van der Waals surface area contributed by atoms with E-state index in [0.29, 0.717) is 18.2 Å². The number of aldehydes is 1. The minimum atomic E-state index is 0.445. The second kappa shape index (κ2) is 6.12. The van der Waals surface area contributed by atoms with Gasteiger partial charge in [-0.05, 0) is 44.0 Å². The molecule has 1 aromatic heterocycles. The molecule has 0 aliphatic heterocycles. The van der Waals surface area contributed by atoms with Crippen LogP contribution < -0.4 is 4.74 Å². The van der Waals surface area contributed by atoms with Gasteiger partial charge in [0, 0.05) is 11.8 Å². The molecule has 1 aliphatic rings. The molecule has 0 radical (unpaired) electrons. The quantitative estimate of drug-likeness (QED) is 0.783. The van der Waals surface area contributed by atoms with Gasteiger partial charge >= 0.3 is 0 Å². The van der Waals surface area contributed by atoms with Crippen molar-refractivity contribution in [2.45, 2.75) is 38.6 Å². The van der Waals surface area contributed by atoms with E-state index in [9.17, 15) is 4.79 Å². The summed E-state index contributed by atoms with van der Waals surface area (Å²) in [6, 6.07) is 8.20. The van der Waals surface area contributed by atoms with Crippen LogP contribution in [-0.4, -0.2) is 22.7 Å². The second-order valence-corrected chi connectivity index (χ2v) is 5.43. The molecule has 1 aliphatic carbocycles. The summed E-state index contributed by atoms with van der Waals surface area (Å²) in [6.07, 6.45) is 7.59. The van der Waals surface area contributed by atoms with Crippen molar-refractivity contribution in [3.8, 4) is 17.0 Å². The number of benzene rings is 1. The normalized spacial score (nSPS) is 15.3. The van der Waals surface area contributed by atoms with E-state index in [4.69, 9.17) is 4.74 Å². The van der Waals surface area contributed by atoms with E-state index in [1.807, 2.05) is 42.1 Å². The van der Waals surface area contributed by atoms with Gasteiger partial charge in [0.1, 0.15) is 11.4 Å². The number of hydrogen-bond donors (Lipinski definition) is 0. The Kier molecular flexibility index (Phi) is 4.04. The summed E-state index contributed by atoms with van der Waals surface area (Å²) in [4.78, 5) is 11.3. The Morgan fingerprint density at radius 3 is 2.62 bits per heavy atom. The van der Waals surface area contributed by atoms with Crippen LogP contribution in [0.1, 0.15) is 49.0 Å². The first-order valence-electron chi connectivity index (χ1n) is 7.59. The molecule has 4 nitrogen and oxygen atoms in total. The highest BCUT2D eigenvalue weighted by molar-refractivity contribution is 5.85. The predicted molar refractivity (Wildman–Crippen MR) is 81.7 cm³/mol. The fourth-order valence-electron chi connectivity index (χ4n) is 2.95. The van der Waals surface area contributed by atoms with Gasteiger partial charge in [0.2, 0.25) is 0 Å². The number of carbonyl (C=O) groups is 1. The molecule has 0 N–H and O–H groups in total. The molecule has 110 valence electrons. The van der Waals surface area contributed by atoms with Gasteiger partial charge in [-0.1, -0.05) is 12.8 Å². The second-order valence-electron chi connectivity index (χ2n) is 5.43. The number of hydrogen-bond acceptors (Lipinski definition) is 3. The molecule has 0 amide bonds. The van der Waals surface area contributed by atoms with Crippen LogP contribution in [-0.2, 0) is 0 Å². The lowest BCUT2D eigenvalue weighted by Crippen LogP contribution is -2.04. The summed E-state index contributed by atoms with van der Waals surface area (Å²) in [5, 5.41) is 4.65. The largest absolute Gasteiger partial charge is 0.494 e. The van der Waals surface area contributed by atoms with E-state index in [-0.39, 0.29) is 0 Å². The zero-order chi connectivity index (χ0) is 14.7. The molecular weight excluding hydrogens is 264 g/mol. The molecule has 0 spiro atoms. The van der Waals surface area contributed by atoms with Crippen LogP contribution in [0.15, 0.2) is 30.5 Å². The Balaban J connectivity index is 1.91. The van der Waals surface area contributed by atoms with E-state index in [0.717, 1.165) is 36.1 Å². The topological polar surface area (TPSA) is 44.1 Å². The Bertz CT molecular complexity index is 610. The molecule has 1 saturated carbocycles. The molecular formula is C17H20N2O2. The number of rotatable bonds is 5. The number of nitrogens with zero attached hydrogens (tertiary/aromatic N) is 2. The SMILES string of the molecule is CCOc1ccc(-c2nn(C3CCCC3)cc2C=O)cc1. The van der Waals surface area contributed by atoms with Gasteiger partial charge in [-0.2, -0.15) is 5.10 Å². The Morgan fingerprint density at radius 2 is 2.00 bits per heavy atom. The minimum absolute atomic E-state index is 0.445. The molecule has 2 aromatic rings. The summed E-state index contributed by atoms with van der Waals surface area (Å²) in [5.41, 5.74) is 2.38. The average Bonchev–Trinajstić information content (AvgIpc) is 3.17. The van der Waals surface area contributed by atoms with Crippen LogP contribution in [0.3, 0.4) is 0 Å². The van der Waals surface area contributed by atoms with Gasteiger partial charge < -0.3 is 4.74 Å². The van der Waals surface area contributed by atoms with Crippen LogP contribution >= 0.6 is 0 Å². The van der Waals surface area contributed by atoms with Crippen LogP contribution in [0.4, 0.5) is 0 Å². The van der Waals surface area contributed by atoms with Crippen LogP contribution in [0.2, 0.25) is 0 Å². The van der Waals surface area contributed by atoms with Crippen LogP contribution in [0.25, 0.3) is 11.3 Å². The third kappa shape index (κ3) is 2.84. The van der Waals surface area contributed by atoms with Crippen molar-refractivity contribution >= 4 is 6.29 Å². The van der Waals surface area contributed by atoms with Gasteiger partial charge in [-0.25, -0.2) is 0 Å². The number of ether oxygens (including phenoxy) is 1. The summed E-state index contributed by atoms with van der Waals surface area (Å²) in [5.74, 6) is 0.837. The third-order valence-corrected chi connectivity index (χ3v) is 4.02. The summed E-state index contributed by atoms with van der Waals surface area (Å²) in [6.45, 7) is 2.61. The Morgan fingerprint density at radius 1 is 1.29 bits per heavy atom. The summed E-state index contributed by atoms with van der Waals surface area (Å²) < 4.78 is 7.42. The van der Waals surface area contributed by atoms with Crippen molar-refractivity contribution in [2.24, 2.45) is 0 Å². The lowest BCUT2D eigenvalue weighted by molar-refractivity contribution is 0.112. The molecule has 0 atom stereocenters. The highest BCUT2D eigenvalue weighted by Gasteiger charge is 2.20. The Labute approximate surface area is 124 Å². The molecule has 0 saturated heterocycles. The van der Waals surface area contributed by atoms with E-state index in [1.165, 1.54) is 12.8 Å². The summed E-state index contributed by atoms with van der Waals surface area (Å²) >= 11 is 0. The smallest absolute Gasteiger partial charge is 0.153 e. The molecule has 4 heteroatoms. The first-order valence-corrected chi connectivity index (χ1v) is 7.59. The molecule has 0 unspecified atom stereocenters. The predicted octanol–water partition coefficient (Wildman–Crippen LogP) is 3.88. The lowest BCUT2D eigenvalue weighted by atomic mass is 10.1. The van der Waals surface area contributed by atoms with Crippen molar-refractivity contribution in [1.29, 1.82) is 0 Å². The van der Waals surface area contributed by atoms with Crippen molar-refractivity contribution in [1.82, 2.24) is 9.78 Å². The number of carbonyl (C=O) groups excluding carboxylic acids is 1. The third-order valence-electron chi connectivity index (χ3n) is 4.02. The fourth-order valence-corrected chi connectivity index (χ4v) is 2.95. The van der Waals surface area contributed by atoms with Crippen LogP contribution in [0, 0.1) is 0 Å². The zero-order valence-corrected chi connectivity index (χ0v) is 12.3. The first kappa shape index (κ1) is 13.9. The zero-order valence-electron chi connectivity index (χ0n) is 12.3. The Hall–Kier alpha value is -2.10. The van der Waals surface area contributed by atoms with Gasteiger partial charge in [-0.3, -0.25) is 9.48 Å². The highest BCUT2D eigenvalue weighted by Crippen LogP contribution is 2.31. The molecule has 3 rings (SSSR count). The summed E-state index contributed by atoms with van der Waals surface area (Å²) in [7, 11) is 0. The maximum atomic E-state index is 11.3. The van der Waals surface area contributed by atoms with Gasteiger partial charge in [0.15, 0.2) is 6.29 Å². The van der Waals surface area contributed by atoms with Gasteiger partial charge in [0.05, 0.1) is 18.2 Å². The molecule has 0 bridgehead atoms. The van der Waals surface area contributed by atoms with E-state index in [1.54, 1.807) is 0 Å². The first-order chi connectivity index (χ1) is 10.3. The van der Waals surface area contributed by atoms with E-state index >= 15 is 0 Å². The molecule has 1 fully saturated rings. The number of aromatic nitrogens is 2. The lowest BCUT2D eigenvalue weighted by Gasteiger charge is -2.08. The monoisotopic (exact) mass is 284 g/mol. The highest BCUT2D eigenvalue weighted by atomic mass is 16.5. The van der Waals surface area contributed by atoms with E-state index in [2.05, 4.69) is 5.10 Å². The maximum absolute atomic E-state index is 11.3. The van der Waals surface area contributed by atoms with Crippen molar-refractivity contribution < 1.29 is 9.53 Å². The molecule has 21 heavy (non-hydrogen) atoms. The molecule has 1 aromatic carbocycles. The average molecular weight is 284 g/mol. The van der Waals surface area contributed by atoms with Crippen LogP contribution in [0.5, 0.6) is 5.75 Å². The molecule has 1 heterocycles. The van der Waals surface area contributed by atoms with Crippen molar-refractivity contribution in [3.05, 3.63) is 36.0 Å². The van der Waals surface area contributed by atoms with Crippen molar-refractivity contribution in [2.75, 3.05) is 6.61 Å². The van der Waals surface area contributed by atoms with Crippen molar-refractivity contribution in [3.63, 3.8) is 0 Å². The maximum Gasteiger partial charge on any atom is 0.153 e.